The van der Waals surface area contributed by atoms with Gasteiger partial charge in [0, 0.05) is 3.57 Å². The molecule has 1 aliphatic rings. The summed E-state index contributed by atoms with van der Waals surface area (Å²) in [6.45, 7) is 0. The summed E-state index contributed by atoms with van der Waals surface area (Å²) in [5.74, 6) is 0.514. The van der Waals surface area contributed by atoms with Crippen LogP contribution in [0.2, 0.25) is 0 Å². The van der Waals surface area contributed by atoms with E-state index in [-0.39, 0.29) is 6.10 Å². The molecular formula is C11H13IO. The molecule has 2 rings (SSSR count). The summed E-state index contributed by atoms with van der Waals surface area (Å²) in [4.78, 5) is 0. The van der Waals surface area contributed by atoms with Crippen LogP contribution >= 0.6 is 22.6 Å². The van der Waals surface area contributed by atoms with Crippen molar-refractivity contribution in [1.82, 2.24) is 0 Å². The Labute approximate surface area is 92.3 Å². The van der Waals surface area contributed by atoms with E-state index < -0.39 is 0 Å². The molecule has 1 fully saturated rings. The Morgan fingerprint density at radius 3 is 2.38 bits per heavy atom. The zero-order valence-corrected chi connectivity index (χ0v) is 9.57. The predicted octanol–water partition coefficient (Wildman–Crippen LogP) is 2.60. The molecular weight excluding hydrogens is 275 g/mol. The van der Waals surface area contributed by atoms with Crippen LogP contribution in [0.1, 0.15) is 18.4 Å². The molecule has 0 amide bonds. The first-order valence-electron chi connectivity index (χ1n) is 4.68. The summed E-state index contributed by atoms with van der Waals surface area (Å²) < 4.78 is 1.27. The molecule has 0 saturated heterocycles. The molecule has 0 radical (unpaired) electrons. The van der Waals surface area contributed by atoms with Gasteiger partial charge in [-0.05, 0) is 65.5 Å². The van der Waals surface area contributed by atoms with Crippen molar-refractivity contribution in [2.24, 2.45) is 5.92 Å². The SMILES string of the molecule is OC1CCC1Cc1ccc(I)cc1. The van der Waals surface area contributed by atoms with Gasteiger partial charge >= 0.3 is 0 Å². The lowest BCUT2D eigenvalue weighted by atomic mass is 9.78. The Morgan fingerprint density at radius 2 is 1.92 bits per heavy atom. The van der Waals surface area contributed by atoms with E-state index in [9.17, 15) is 5.11 Å². The molecule has 70 valence electrons. The quantitative estimate of drug-likeness (QED) is 0.829. The van der Waals surface area contributed by atoms with Crippen molar-refractivity contribution in [2.75, 3.05) is 0 Å². The second kappa shape index (κ2) is 3.96. The van der Waals surface area contributed by atoms with Gasteiger partial charge < -0.3 is 5.11 Å². The molecule has 2 unspecified atom stereocenters. The van der Waals surface area contributed by atoms with Gasteiger partial charge in [-0.3, -0.25) is 0 Å². The first kappa shape index (κ1) is 9.46. The molecule has 1 saturated carbocycles. The molecule has 0 bridgehead atoms. The molecule has 1 aromatic carbocycles. The highest BCUT2D eigenvalue weighted by Crippen LogP contribution is 2.30. The molecule has 1 aromatic rings. The Bertz CT molecular complexity index is 281. The maximum Gasteiger partial charge on any atom is 0.0571 e. The first-order chi connectivity index (χ1) is 6.25. The van der Waals surface area contributed by atoms with E-state index in [1.807, 2.05) is 0 Å². The predicted molar refractivity (Wildman–Crippen MR) is 61.6 cm³/mol. The molecule has 0 aromatic heterocycles. The molecule has 1 N–H and O–H groups in total. The van der Waals surface area contributed by atoms with E-state index >= 15 is 0 Å². The van der Waals surface area contributed by atoms with Gasteiger partial charge in [-0.1, -0.05) is 12.1 Å². The summed E-state index contributed by atoms with van der Waals surface area (Å²) >= 11 is 2.31. The second-order valence-electron chi connectivity index (χ2n) is 3.74. The standard InChI is InChI=1S/C11H13IO/c12-10-4-1-8(2-5-10)7-9-3-6-11(9)13/h1-2,4-5,9,11,13H,3,6-7H2. The number of rotatable bonds is 2. The first-order valence-corrected chi connectivity index (χ1v) is 5.76. The molecule has 2 atom stereocenters. The monoisotopic (exact) mass is 288 g/mol. The Hall–Kier alpha value is -0.0900. The molecule has 1 nitrogen and oxygen atoms in total. The topological polar surface area (TPSA) is 20.2 Å². The maximum atomic E-state index is 9.42. The Balaban J connectivity index is 1.98. The van der Waals surface area contributed by atoms with E-state index in [1.165, 1.54) is 15.6 Å². The Morgan fingerprint density at radius 1 is 1.23 bits per heavy atom. The summed E-state index contributed by atoms with van der Waals surface area (Å²) in [5, 5.41) is 9.42. The van der Waals surface area contributed by atoms with Gasteiger partial charge in [0.05, 0.1) is 6.10 Å². The van der Waals surface area contributed by atoms with Crippen LogP contribution in [0.4, 0.5) is 0 Å². The van der Waals surface area contributed by atoms with E-state index in [4.69, 9.17) is 0 Å². The molecule has 2 heteroatoms. The summed E-state index contributed by atoms with van der Waals surface area (Å²) in [7, 11) is 0. The molecule has 13 heavy (non-hydrogen) atoms. The third-order valence-electron chi connectivity index (χ3n) is 2.79. The number of aliphatic hydroxyl groups is 1. The van der Waals surface area contributed by atoms with Crippen molar-refractivity contribution in [1.29, 1.82) is 0 Å². The summed E-state index contributed by atoms with van der Waals surface area (Å²) in [5.41, 5.74) is 1.35. The van der Waals surface area contributed by atoms with Gasteiger partial charge in [0.15, 0.2) is 0 Å². The number of aliphatic hydroxyl groups excluding tert-OH is 1. The van der Waals surface area contributed by atoms with E-state index in [1.54, 1.807) is 0 Å². The highest BCUT2D eigenvalue weighted by molar-refractivity contribution is 14.1. The largest absolute Gasteiger partial charge is 0.393 e. The molecule has 0 aliphatic heterocycles. The molecule has 0 heterocycles. The van der Waals surface area contributed by atoms with Crippen LogP contribution in [0.25, 0.3) is 0 Å². The minimum absolute atomic E-state index is 0.0423. The van der Waals surface area contributed by atoms with Crippen molar-refractivity contribution >= 4 is 22.6 Å². The number of hydrogen-bond acceptors (Lipinski definition) is 1. The summed E-state index contributed by atoms with van der Waals surface area (Å²) in [6, 6.07) is 8.57. The third kappa shape index (κ3) is 2.23. The minimum Gasteiger partial charge on any atom is -0.393 e. The van der Waals surface area contributed by atoms with Crippen LogP contribution in [-0.4, -0.2) is 11.2 Å². The zero-order chi connectivity index (χ0) is 9.26. The third-order valence-corrected chi connectivity index (χ3v) is 3.51. The minimum atomic E-state index is -0.0423. The highest BCUT2D eigenvalue weighted by atomic mass is 127. The van der Waals surface area contributed by atoms with Gasteiger partial charge in [-0.25, -0.2) is 0 Å². The van der Waals surface area contributed by atoms with Crippen molar-refractivity contribution in [3.8, 4) is 0 Å². The summed E-state index contributed by atoms with van der Waals surface area (Å²) in [6.07, 6.45) is 3.18. The van der Waals surface area contributed by atoms with Crippen LogP contribution in [0, 0.1) is 9.49 Å². The van der Waals surface area contributed by atoms with Gasteiger partial charge in [0.1, 0.15) is 0 Å². The average Bonchev–Trinajstić information content (AvgIpc) is 2.15. The maximum absolute atomic E-state index is 9.42. The van der Waals surface area contributed by atoms with E-state index in [0.29, 0.717) is 5.92 Å². The lowest BCUT2D eigenvalue weighted by molar-refractivity contribution is 0.0244. The van der Waals surface area contributed by atoms with Crippen LogP contribution < -0.4 is 0 Å². The van der Waals surface area contributed by atoms with E-state index in [0.717, 1.165) is 12.8 Å². The van der Waals surface area contributed by atoms with Gasteiger partial charge in [0.25, 0.3) is 0 Å². The normalized spacial score (nSPS) is 26.9. The number of hydrogen-bond donors (Lipinski definition) is 1. The molecule has 1 aliphatic carbocycles. The fourth-order valence-corrected chi connectivity index (χ4v) is 2.07. The average molecular weight is 288 g/mol. The lowest BCUT2D eigenvalue weighted by Crippen LogP contribution is -2.32. The fraction of sp³-hybridized carbons (Fsp3) is 0.455. The van der Waals surface area contributed by atoms with Crippen molar-refractivity contribution in [3.63, 3.8) is 0 Å². The van der Waals surface area contributed by atoms with Crippen LogP contribution in [0.5, 0.6) is 0 Å². The zero-order valence-electron chi connectivity index (χ0n) is 7.41. The van der Waals surface area contributed by atoms with E-state index in [2.05, 4.69) is 46.9 Å². The van der Waals surface area contributed by atoms with Crippen LogP contribution in [0.3, 0.4) is 0 Å². The van der Waals surface area contributed by atoms with Gasteiger partial charge in [0.2, 0.25) is 0 Å². The van der Waals surface area contributed by atoms with Crippen LogP contribution in [-0.2, 0) is 6.42 Å². The van der Waals surface area contributed by atoms with Gasteiger partial charge in [-0.15, -0.1) is 0 Å². The number of halogens is 1. The second-order valence-corrected chi connectivity index (χ2v) is 4.98. The Kier molecular flexibility index (Phi) is 2.89. The fourth-order valence-electron chi connectivity index (χ4n) is 1.71. The van der Waals surface area contributed by atoms with Crippen molar-refractivity contribution in [3.05, 3.63) is 33.4 Å². The van der Waals surface area contributed by atoms with Crippen molar-refractivity contribution in [2.45, 2.75) is 25.4 Å². The van der Waals surface area contributed by atoms with Crippen molar-refractivity contribution < 1.29 is 5.11 Å². The number of benzene rings is 1. The molecule has 0 spiro atoms. The van der Waals surface area contributed by atoms with Crippen LogP contribution in [0.15, 0.2) is 24.3 Å². The smallest absolute Gasteiger partial charge is 0.0571 e. The lowest BCUT2D eigenvalue weighted by Gasteiger charge is -2.32. The van der Waals surface area contributed by atoms with Gasteiger partial charge in [-0.2, -0.15) is 0 Å². The highest BCUT2D eigenvalue weighted by Gasteiger charge is 2.28.